The number of benzene rings is 1. The maximum Gasteiger partial charge on any atom is 0.306 e. The Morgan fingerprint density at radius 3 is 2.70 bits per heavy atom. The molecule has 0 radical (unpaired) electrons. The molecule has 4 nitrogen and oxygen atoms in total. The fourth-order valence-electron chi connectivity index (χ4n) is 4.03. The van der Waals surface area contributed by atoms with Gasteiger partial charge in [0.1, 0.15) is 0 Å². The molecule has 1 aliphatic carbocycles. The van der Waals surface area contributed by atoms with Crippen LogP contribution in [0.5, 0.6) is 0 Å². The second-order valence-corrected chi connectivity index (χ2v) is 8.59. The lowest BCUT2D eigenvalue weighted by Crippen LogP contribution is -2.17. The molecule has 0 unspecified atom stereocenters. The molecule has 4 heteroatoms. The molecule has 0 amide bonds. The van der Waals surface area contributed by atoms with Crippen molar-refractivity contribution in [3.8, 4) is 0 Å². The molecule has 166 valence electrons. The van der Waals surface area contributed by atoms with Gasteiger partial charge in [0.05, 0.1) is 18.3 Å². The Labute approximate surface area is 181 Å². The summed E-state index contributed by atoms with van der Waals surface area (Å²) in [6.45, 7) is 3.72. The van der Waals surface area contributed by atoms with Gasteiger partial charge in [-0.05, 0) is 76.2 Å². The average molecular weight is 415 g/mol. The second-order valence-electron chi connectivity index (χ2n) is 8.59. The van der Waals surface area contributed by atoms with Gasteiger partial charge in [0.25, 0.3) is 0 Å². The first-order valence-corrected chi connectivity index (χ1v) is 11.4. The average Bonchev–Trinajstić information content (AvgIpc) is 3.07. The molecule has 0 heterocycles. The number of hydrogen-bond donors (Lipinski definition) is 2. The third-order valence-electron chi connectivity index (χ3n) is 5.69. The summed E-state index contributed by atoms with van der Waals surface area (Å²) in [5.74, 6) is 0.363. The highest BCUT2D eigenvalue weighted by molar-refractivity contribution is 5.69. The monoisotopic (exact) mass is 414 g/mol. The summed E-state index contributed by atoms with van der Waals surface area (Å²) in [6, 6.07) is 10.2. The van der Waals surface area contributed by atoms with Crippen molar-refractivity contribution >= 4 is 5.97 Å². The Bertz CT molecular complexity index is 665. The molecule has 4 atom stereocenters. The predicted octanol–water partition coefficient (Wildman–Crippen LogP) is 4.99. The number of aliphatic hydroxyl groups excluding tert-OH is 2. The van der Waals surface area contributed by atoms with E-state index in [0.717, 1.165) is 38.5 Å². The van der Waals surface area contributed by atoms with Crippen LogP contribution < -0.4 is 0 Å². The van der Waals surface area contributed by atoms with Crippen LogP contribution >= 0.6 is 0 Å². The first-order valence-electron chi connectivity index (χ1n) is 11.4. The zero-order valence-electron chi connectivity index (χ0n) is 18.5. The van der Waals surface area contributed by atoms with E-state index in [1.54, 1.807) is 0 Å². The van der Waals surface area contributed by atoms with E-state index in [9.17, 15) is 15.0 Å². The van der Waals surface area contributed by atoms with E-state index in [1.807, 2.05) is 38.1 Å². The molecule has 2 N–H and O–H groups in total. The van der Waals surface area contributed by atoms with Crippen molar-refractivity contribution in [1.82, 2.24) is 0 Å². The number of allylic oxidation sites excluding steroid dienone is 3. The van der Waals surface area contributed by atoms with Crippen molar-refractivity contribution in [2.75, 3.05) is 0 Å². The van der Waals surface area contributed by atoms with Gasteiger partial charge in [-0.3, -0.25) is 4.79 Å². The minimum atomic E-state index is -0.454. The molecule has 2 rings (SSSR count). The Morgan fingerprint density at radius 1 is 1.20 bits per heavy atom. The molecule has 30 heavy (non-hydrogen) atoms. The highest BCUT2D eigenvalue weighted by atomic mass is 16.5. The molecular weight excluding hydrogens is 376 g/mol. The standard InChI is InChI=1S/C26H38O4/c1-20(2)30-26(29)13-9-4-3-8-12-24-22(16-19-25(24)28)15-18-23(27)17-14-21-10-6-5-7-11-21/h3,5-8,10-11,15,18,20,22-25,27-28H,4,9,12-14,16-17,19H2,1-2H3/b8-3-,18-15+/t22-,23-,24+,25-/m0/s1. The third-order valence-corrected chi connectivity index (χ3v) is 5.69. The zero-order valence-corrected chi connectivity index (χ0v) is 18.5. The smallest absolute Gasteiger partial charge is 0.306 e. The number of ether oxygens (including phenoxy) is 1. The zero-order chi connectivity index (χ0) is 21.8. The van der Waals surface area contributed by atoms with Gasteiger partial charge in [0.15, 0.2) is 0 Å². The topological polar surface area (TPSA) is 66.8 Å². The van der Waals surface area contributed by atoms with Gasteiger partial charge in [0, 0.05) is 6.42 Å². The van der Waals surface area contributed by atoms with E-state index in [2.05, 4.69) is 30.4 Å². The number of esters is 1. The molecule has 1 fully saturated rings. The maximum absolute atomic E-state index is 11.5. The number of carbonyl (C=O) groups is 1. The number of carbonyl (C=O) groups excluding carboxylic acids is 1. The van der Waals surface area contributed by atoms with E-state index < -0.39 is 6.10 Å². The largest absolute Gasteiger partial charge is 0.463 e. The number of hydrogen-bond acceptors (Lipinski definition) is 4. The molecule has 1 aromatic rings. The van der Waals surface area contributed by atoms with Gasteiger partial charge >= 0.3 is 5.97 Å². The summed E-state index contributed by atoms with van der Waals surface area (Å²) in [6.07, 6.45) is 13.7. The second kappa shape index (κ2) is 13.4. The number of aliphatic hydroxyl groups is 2. The molecule has 0 saturated heterocycles. The fraction of sp³-hybridized carbons (Fsp3) is 0.577. The maximum atomic E-state index is 11.5. The number of unbranched alkanes of at least 4 members (excludes halogenated alkanes) is 1. The lowest BCUT2D eigenvalue weighted by Gasteiger charge is -2.18. The van der Waals surface area contributed by atoms with Gasteiger partial charge in [-0.2, -0.15) is 0 Å². The van der Waals surface area contributed by atoms with Gasteiger partial charge < -0.3 is 14.9 Å². The summed E-state index contributed by atoms with van der Waals surface area (Å²) in [5.41, 5.74) is 1.24. The van der Waals surface area contributed by atoms with Crippen molar-refractivity contribution < 1.29 is 19.7 Å². The van der Waals surface area contributed by atoms with Gasteiger partial charge in [-0.25, -0.2) is 0 Å². The molecule has 0 aliphatic heterocycles. The first kappa shape index (κ1) is 24.4. The Kier molecular flexibility index (Phi) is 10.9. The number of aryl methyl sites for hydroxylation is 1. The lowest BCUT2D eigenvalue weighted by atomic mass is 9.90. The van der Waals surface area contributed by atoms with Crippen molar-refractivity contribution in [1.29, 1.82) is 0 Å². The summed E-state index contributed by atoms with van der Waals surface area (Å²) in [5, 5.41) is 20.6. The Balaban J connectivity index is 1.70. The predicted molar refractivity (Wildman–Crippen MR) is 121 cm³/mol. The van der Waals surface area contributed by atoms with E-state index >= 15 is 0 Å². The van der Waals surface area contributed by atoms with E-state index in [4.69, 9.17) is 4.74 Å². The van der Waals surface area contributed by atoms with Crippen LogP contribution in [0.25, 0.3) is 0 Å². The van der Waals surface area contributed by atoms with Crippen LogP contribution in [-0.4, -0.2) is 34.5 Å². The lowest BCUT2D eigenvalue weighted by molar-refractivity contribution is -0.147. The minimum absolute atomic E-state index is 0.0567. The van der Waals surface area contributed by atoms with Crippen LogP contribution in [-0.2, 0) is 16.0 Å². The number of rotatable bonds is 12. The summed E-state index contributed by atoms with van der Waals surface area (Å²) >= 11 is 0. The van der Waals surface area contributed by atoms with Crippen molar-refractivity contribution in [2.45, 2.75) is 83.5 Å². The highest BCUT2D eigenvalue weighted by Crippen LogP contribution is 2.36. The molecule has 1 aromatic carbocycles. The highest BCUT2D eigenvalue weighted by Gasteiger charge is 2.32. The summed E-state index contributed by atoms with van der Waals surface area (Å²) < 4.78 is 5.13. The SMILES string of the molecule is CC(C)OC(=O)CCC/C=C\C[C@H]1[C@@H](O)CC[C@@H]1/C=C/[C@@H](O)CCc1ccccc1. The molecule has 1 aliphatic rings. The summed E-state index contributed by atoms with van der Waals surface area (Å²) in [4.78, 5) is 11.5. The van der Waals surface area contributed by atoms with Crippen LogP contribution in [0.15, 0.2) is 54.6 Å². The van der Waals surface area contributed by atoms with Crippen molar-refractivity contribution in [2.24, 2.45) is 11.8 Å². The third kappa shape index (κ3) is 9.27. The van der Waals surface area contributed by atoms with Gasteiger partial charge in [0.2, 0.25) is 0 Å². The first-order chi connectivity index (χ1) is 14.5. The molecule has 0 spiro atoms. The van der Waals surface area contributed by atoms with Crippen molar-refractivity contribution in [3.05, 3.63) is 60.2 Å². The van der Waals surface area contributed by atoms with Crippen LogP contribution in [0.3, 0.4) is 0 Å². The molecule has 0 aromatic heterocycles. The quantitative estimate of drug-likeness (QED) is 0.287. The fourth-order valence-corrected chi connectivity index (χ4v) is 4.03. The van der Waals surface area contributed by atoms with E-state index in [-0.39, 0.29) is 24.1 Å². The molecule has 0 bridgehead atoms. The van der Waals surface area contributed by atoms with Crippen molar-refractivity contribution in [3.63, 3.8) is 0 Å². The summed E-state index contributed by atoms with van der Waals surface area (Å²) in [7, 11) is 0. The Morgan fingerprint density at radius 2 is 1.97 bits per heavy atom. The minimum Gasteiger partial charge on any atom is -0.463 e. The molecule has 1 saturated carbocycles. The normalized spacial score (nSPS) is 22.9. The van der Waals surface area contributed by atoms with Crippen LogP contribution in [0.4, 0.5) is 0 Å². The van der Waals surface area contributed by atoms with E-state index in [1.165, 1.54) is 5.56 Å². The van der Waals surface area contributed by atoms with Gasteiger partial charge in [-0.15, -0.1) is 0 Å². The molecular formula is C26H38O4. The van der Waals surface area contributed by atoms with Gasteiger partial charge in [-0.1, -0.05) is 54.6 Å². The van der Waals surface area contributed by atoms with Crippen LogP contribution in [0.2, 0.25) is 0 Å². The van der Waals surface area contributed by atoms with E-state index in [0.29, 0.717) is 18.8 Å². The van der Waals surface area contributed by atoms with Crippen LogP contribution in [0.1, 0.15) is 64.4 Å². The Hall–Kier alpha value is -1.91. The van der Waals surface area contributed by atoms with Crippen LogP contribution in [0, 0.1) is 11.8 Å².